The first-order valence-electron chi connectivity index (χ1n) is 11.2. The molecule has 0 spiro atoms. The number of thioether (sulfide) groups is 1. The van der Waals surface area contributed by atoms with E-state index in [0.717, 1.165) is 21.7 Å². The van der Waals surface area contributed by atoms with Gasteiger partial charge in [-0.25, -0.2) is 4.98 Å². The van der Waals surface area contributed by atoms with Crippen LogP contribution in [0.2, 0.25) is 0 Å². The number of carbonyl (C=O) groups excluding carboxylic acids is 1. The molecule has 0 aliphatic heterocycles. The van der Waals surface area contributed by atoms with Gasteiger partial charge in [-0.1, -0.05) is 60.7 Å². The minimum absolute atomic E-state index is 0.0869. The topological polar surface area (TPSA) is 76.6 Å². The van der Waals surface area contributed by atoms with E-state index in [1.807, 2.05) is 84.9 Å². The summed E-state index contributed by atoms with van der Waals surface area (Å²) in [5, 5.41) is 3.05. The molecule has 0 bridgehead atoms. The van der Waals surface area contributed by atoms with Crippen molar-refractivity contribution in [1.29, 1.82) is 0 Å². The predicted molar refractivity (Wildman–Crippen MR) is 138 cm³/mol. The van der Waals surface area contributed by atoms with Crippen LogP contribution in [0.1, 0.15) is 28.5 Å². The van der Waals surface area contributed by atoms with E-state index in [-0.39, 0.29) is 11.5 Å². The number of nitrogens with zero attached hydrogens (tertiary/aromatic N) is 2. The van der Waals surface area contributed by atoms with E-state index in [2.05, 4.69) is 10.3 Å². The van der Waals surface area contributed by atoms with Crippen molar-refractivity contribution in [3.63, 3.8) is 0 Å². The van der Waals surface area contributed by atoms with Gasteiger partial charge in [-0.05, 0) is 42.3 Å². The molecule has 0 aliphatic rings. The molecule has 35 heavy (non-hydrogen) atoms. The van der Waals surface area contributed by atoms with Crippen LogP contribution >= 0.6 is 11.8 Å². The number of nitrogens with one attached hydrogen (secondary N) is 1. The van der Waals surface area contributed by atoms with Gasteiger partial charge < -0.3 is 9.84 Å². The summed E-state index contributed by atoms with van der Waals surface area (Å²) in [4.78, 5) is 31.0. The molecule has 0 fully saturated rings. The van der Waals surface area contributed by atoms with E-state index in [4.69, 9.17) is 4.52 Å². The lowest BCUT2D eigenvalue weighted by atomic mass is 9.90. The van der Waals surface area contributed by atoms with Gasteiger partial charge in [-0.15, -0.1) is 16.3 Å². The van der Waals surface area contributed by atoms with Crippen molar-refractivity contribution in [2.24, 2.45) is 0 Å². The Balaban J connectivity index is 1.28. The number of fused-ring (bicyclic) bond motifs is 1. The van der Waals surface area contributed by atoms with Crippen LogP contribution in [0, 0.1) is 6.92 Å². The highest BCUT2D eigenvalue weighted by molar-refractivity contribution is 7.98. The minimum atomic E-state index is -0.404. The molecule has 5 aromatic rings. The van der Waals surface area contributed by atoms with Crippen LogP contribution in [0.5, 0.6) is 0 Å². The number of rotatable bonds is 7. The Bertz CT molecular complexity index is 1470. The second kappa shape index (κ2) is 10.0. The van der Waals surface area contributed by atoms with E-state index in [9.17, 15) is 9.59 Å². The van der Waals surface area contributed by atoms with Crippen molar-refractivity contribution in [2.45, 2.75) is 23.5 Å². The second-order valence-electron chi connectivity index (χ2n) is 8.14. The molecule has 2 heterocycles. The maximum absolute atomic E-state index is 13.3. The number of aromatic nitrogens is 2. The van der Waals surface area contributed by atoms with Gasteiger partial charge in [0.1, 0.15) is 5.76 Å². The van der Waals surface area contributed by atoms with Crippen LogP contribution in [-0.4, -0.2) is 15.5 Å². The predicted octanol–water partition coefficient (Wildman–Crippen LogP) is 5.66. The van der Waals surface area contributed by atoms with Gasteiger partial charge in [0.25, 0.3) is 5.56 Å². The summed E-state index contributed by atoms with van der Waals surface area (Å²) in [6.45, 7) is 1.78. The number of amides is 1. The van der Waals surface area contributed by atoms with Crippen molar-refractivity contribution >= 4 is 29.0 Å². The molecule has 6 nitrogen and oxygen atoms in total. The first kappa shape index (κ1) is 22.7. The Hall–Kier alpha value is -4.10. The number of hydrogen-bond acceptors (Lipinski definition) is 5. The lowest BCUT2D eigenvalue weighted by Crippen LogP contribution is -2.22. The van der Waals surface area contributed by atoms with Gasteiger partial charge in [0.15, 0.2) is 5.65 Å². The third-order valence-corrected chi connectivity index (χ3v) is 6.61. The normalized spacial score (nSPS) is 11.1. The molecule has 7 heteroatoms. The first-order valence-corrected chi connectivity index (χ1v) is 12.2. The summed E-state index contributed by atoms with van der Waals surface area (Å²) in [6.07, 6.45) is 0. The van der Waals surface area contributed by atoms with Crippen LogP contribution in [-0.2, 0) is 10.5 Å². The lowest BCUT2D eigenvalue weighted by Gasteiger charge is -2.18. The number of carbonyl (C=O) groups is 1. The highest BCUT2D eigenvalue weighted by Gasteiger charge is 2.22. The number of aryl methyl sites for hydroxylation is 1. The summed E-state index contributed by atoms with van der Waals surface area (Å²) in [5.41, 5.74) is 3.57. The van der Waals surface area contributed by atoms with Crippen molar-refractivity contribution in [1.82, 2.24) is 9.56 Å². The molecule has 2 aromatic heterocycles. The number of hydrogen-bond donors (Lipinski definition) is 1. The average molecular weight is 482 g/mol. The summed E-state index contributed by atoms with van der Waals surface area (Å²) < 4.78 is 6.53. The summed E-state index contributed by atoms with van der Waals surface area (Å²) in [7, 11) is 0. The smallest absolute Gasteiger partial charge is 0.287 e. The largest absolute Gasteiger partial charge is 0.375 e. The minimum Gasteiger partial charge on any atom is -0.375 e. The van der Waals surface area contributed by atoms with Gasteiger partial charge >= 0.3 is 0 Å². The highest BCUT2D eigenvalue weighted by Crippen LogP contribution is 2.28. The fourth-order valence-electron chi connectivity index (χ4n) is 3.94. The molecule has 174 valence electrons. The molecule has 0 saturated carbocycles. The van der Waals surface area contributed by atoms with Gasteiger partial charge in [0.05, 0.1) is 11.6 Å². The molecular weight excluding hydrogens is 458 g/mol. The van der Waals surface area contributed by atoms with Gasteiger partial charge in [0.2, 0.25) is 5.91 Å². The maximum Gasteiger partial charge on any atom is 0.287 e. The Morgan fingerprint density at radius 1 is 0.943 bits per heavy atom. The Morgan fingerprint density at radius 2 is 1.57 bits per heavy atom. The molecular formula is C28H23N3O3S. The van der Waals surface area contributed by atoms with Crippen molar-refractivity contribution in [3.8, 4) is 0 Å². The van der Waals surface area contributed by atoms with Crippen molar-refractivity contribution < 1.29 is 9.32 Å². The quantitative estimate of drug-likeness (QED) is 0.304. The zero-order chi connectivity index (χ0) is 24.2. The molecule has 1 N–H and O–H groups in total. The molecule has 1 amide bonds. The van der Waals surface area contributed by atoms with Gasteiger partial charge in [0, 0.05) is 28.5 Å². The van der Waals surface area contributed by atoms with E-state index in [0.29, 0.717) is 22.9 Å². The number of benzene rings is 3. The molecule has 3 aromatic carbocycles. The zero-order valence-corrected chi connectivity index (χ0v) is 19.9. The average Bonchev–Trinajstić information content (AvgIpc) is 3.26. The van der Waals surface area contributed by atoms with E-state index in [1.165, 1.54) is 10.6 Å². The van der Waals surface area contributed by atoms with Gasteiger partial charge in [-0.3, -0.25) is 9.59 Å². The Labute approximate surface area is 206 Å². The highest BCUT2D eigenvalue weighted by atomic mass is 32.2. The van der Waals surface area contributed by atoms with E-state index in [1.54, 1.807) is 24.8 Å². The van der Waals surface area contributed by atoms with Crippen LogP contribution in [0.3, 0.4) is 0 Å². The van der Waals surface area contributed by atoms with Crippen molar-refractivity contribution in [2.75, 3.05) is 5.32 Å². The third kappa shape index (κ3) is 5.20. The molecule has 0 unspecified atom stereocenters. The van der Waals surface area contributed by atoms with E-state index >= 15 is 0 Å². The summed E-state index contributed by atoms with van der Waals surface area (Å²) >= 11 is 1.57. The molecule has 0 atom stereocenters. The Kier molecular flexibility index (Phi) is 6.50. The number of anilines is 1. The van der Waals surface area contributed by atoms with Crippen LogP contribution in [0.4, 0.5) is 5.69 Å². The summed E-state index contributed by atoms with van der Waals surface area (Å²) in [5.74, 6) is 0.694. The lowest BCUT2D eigenvalue weighted by molar-refractivity contribution is -0.116. The molecule has 0 aliphatic carbocycles. The third-order valence-electron chi connectivity index (χ3n) is 5.56. The van der Waals surface area contributed by atoms with Crippen LogP contribution in [0.25, 0.3) is 5.65 Å². The maximum atomic E-state index is 13.3. The van der Waals surface area contributed by atoms with Crippen LogP contribution < -0.4 is 10.9 Å². The van der Waals surface area contributed by atoms with Crippen molar-refractivity contribution in [3.05, 3.63) is 130 Å². The van der Waals surface area contributed by atoms with Gasteiger partial charge in [-0.2, -0.15) is 0 Å². The SMILES string of the molecule is Cc1cc2nc(CSc3ccc(NC(=O)C(c4ccccc4)c4ccccc4)cc3)cc(=O)n2o1. The zero-order valence-electron chi connectivity index (χ0n) is 19.0. The molecule has 0 radical (unpaired) electrons. The Morgan fingerprint density at radius 3 is 2.20 bits per heavy atom. The monoisotopic (exact) mass is 481 g/mol. The molecule has 5 rings (SSSR count). The second-order valence-corrected chi connectivity index (χ2v) is 9.19. The molecule has 0 saturated heterocycles. The standard InChI is InChI=1S/C28H23N3O3S/c1-19-16-25-29-23(17-26(32)31(25)34-19)18-35-24-14-12-22(13-15-24)30-28(33)27(20-8-4-2-5-9-20)21-10-6-3-7-11-21/h2-17,27H,18H2,1H3,(H,30,33). The summed E-state index contributed by atoms with van der Waals surface area (Å²) in [6, 6.07) is 30.5. The fraction of sp³-hybridized carbons (Fsp3) is 0.107. The van der Waals surface area contributed by atoms with E-state index < -0.39 is 5.92 Å². The van der Waals surface area contributed by atoms with Crippen LogP contribution in [0.15, 0.2) is 111 Å². The fourth-order valence-corrected chi connectivity index (χ4v) is 4.73. The first-order chi connectivity index (χ1) is 17.1.